The van der Waals surface area contributed by atoms with Crippen molar-refractivity contribution in [3.05, 3.63) is 41.9 Å². The van der Waals surface area contributed by atoms with E-state index in [0.717, 1.165) is 30.9 Å². The number of para-hydroxylation sites is 2. The number of nitrogens with one attached hydrogen (secondary N) is 1. The molecule has 1 aliphatic rings. The molecule has 2 aromatic rings. The Morgan fingerprint density at radius 1 is 1.32 bits per heavy atom. The number of aryl methyl sites for hydroxylation is 1. The third kappa shape index (κ3) is 4.07. The van der Waals surface area contributed by atoms with Crippen molar-refractivity contribution in [2.45, 2.75) is 26.7 Å². The average molecular weight is 340 g/mol. The molecule has 1 fully saturated rings. The van der Waals surface area contributed by atoms with E-state index >= 15 is 0 Å². The number of hydrogen-bond acceptors (Lipinski definition) is 5. The third-order valence-electron chi connectivity index (χ3n) is 4.37. The fraction of sp³-hybridized carbons (Fsp3) is 0.421. The van der Waals surface area contributed by atoms with Gasteiger partial charge in [0.2, 0.25) is 0 Å². The number of piperidine rings is 1. The summed E-state index contributed by atoms with van der Waals surface area (Å²) in [5, 5.41) is 3.22. The van der Waals surface area contributed by atoms with E-state index in [4.69, 9.17) is 4.74 Å². The molecule has 1 unspecified atom stereocenters. The van der Waals surface area contributed by atoms with E-state index in [1.54, 1.807) is 20.1 Å². The van der Waals surface area contributed by atoms with Gasteiger partial charge in [-0.2, -0.15) is 0 Å². The molecule has 3 rings (SSSR count). The minimum absolute atomic E-state index is 0.0277. The molecule has 6 heteroatoms. The van der Waals surface area contributed by atoms with Crippen LogP contribution in [0.5, 0.6) is 5.75 Å². The number of ether oxygens (including phenoxy) is 1. The number of aromatic nitrogens is 2. The standard InChI is InChI=1S/C19H24N4O2/c1-13-7-6-10-23(12-13)19(24)16-11-18(21-14(2)20-16)22-15-8-4-5-9-17(15)25-3/h4-5,8-9,11,13H,6-7,10,12H2,1-3H3,(H,20,21,22). The van der Waals surface area contributed by atoms with Crippen LogP contribution in [0.1, 0.15) is 36.1 Å². The van der Waals surface area contributed by atoms with E-state index in [0.29, 0.717) is 23.3 Å². The second-order valence-electron chi connectivity index (χ2n) is 6.51. The largest absolute Gasteiger partial charge is 0.495 e. The van der Waals surface area contributed by atoms with Crippen molar-refractivity contribution in [3.63, 3.8) is 0 Å². The number of benzene rings is 1. The fourth-order valence-electron chi connectivity index (χ4n) is 3.16. The predicted molar refractivity (Wildman–Crippen MR) is 97.3 cm³/mol. The first-order valence-corrected chi connectivity index (χ1v) is 8.62. The molecule has 1 atom stereocenters. The van der Waals surface area contributed by atoms with E-state index in [1.807, 2.05) is 29.2 Å². The summed E-state index contributed by atoms with van der Waals surface area (Å²) >= 11 is 0. The lowest BCUT2D eigenvalue weighted by Gasteiger charge is -2.30. The average Bonchev–Trinajstić information content (AvgIpc) is 2.61. The van der Waals surface area contributed by atoms with Gasteiger partial charge in [-0.05, 0) is 37.8 Å². The topological polar surface area (TPSA) is 67.3 Å². The van der Waals surface area contributed by atoms with E-state index in [1.165, 1.54) is 6.42 Å². The molecule has 1 aromatic heterocycles. The van der Waals surface area contributed by atoms with E-state index < -0.39 is 0 Å². The number of methoxy groups -OCH3 is 1. The second kappa shape index (κ2) is 7.51. The summed E-state index contributed by atoms with van der Waals surface area (Å²) in [5.74, 6) is 2.38. The Morgan fingerprint density at radius 3 is 2.88 bits per heavy atom. The Kier molecular flexibility index (Phi) is 5.16. The minimum Gasteiger partial charge on any atom is -0.495 e. The van der Waals surface area contributed by atoms with Gasteiger partial charge in [-0.15, -0.1) is 0 Å². The zero-order valence-electron chi connectivity index (χ0n) is 15.0. The quantitative estimate of drug-likeness (QED) is 0.924. The number of carbonyl (C=O) groups is 1. The van der Waals surface area contributed by atoms with Crippen LogP contribution in [0.2, 0.25) is 0 Å². The van der Waals surface area contributed by atoms with Crippen LogP contribution < -0.4 is 10.1 Å². The molecule has 1 saturated heterocycles. The van der Waals surface area contributed by atoms with E-state index in [9.17, 15) is 4.79 Å². The Bertz CT molecular complexity index is 763. The first kappa shape index (κ1) is 17.2. The lowest BCUT2D eigenvalue weighted by atomic mass is 10.00. The maximum Gasteiger partial charge on any atom is 0.272 e. The van der Waals surface area contributed by atoms with Crippen LogP contribution in [0.4, 0.5) is 11.5 Å². The summed E-state index contributed by atoms with van der Waals surface area (Å²) in [6.07, 6.45) is 2.22. The molecule has 1 N–H and O–H groups in total. The lowest BCUT2D eigenvalue weighted by Crippen LogP contribution is -2.39. The van der Waals surface area contributed by atoms with E-state index in [2.05, 4.69) is 22.2 Å². The SMILES string of the molecule is COc1ccccc1Nc1cc(C(=O)N2CCCC(C)C2)nc(C)n1. The first-order valence-electron chi connectivity index (χ1n) is 8.62. The van der Waals surface area contributed by atoms with Crippen molar-refractivity contribution in [1.82, 2.24) is 14.9 Å². The molecule has 1 aromatic carbocycles. The number of carbonyl (C=O) groups excluding carboxylic acids is 1. The van der Waals surface area contributed by atoms with Crippen LogP contribution in [-0.2, 0) is 0 Å². The summed E-state index contributed by atoms with van der Waals surface area (Å²) < 4.78 is 5.35. The maximum absolute atomic E-state index is 12.8. The predicted octanol–water partition coefficient (Wildman–Crippen LogP) is 3.41. The van der Waals surface area contributed by atoms with Crippen LogP contribution in [0.3, 0.4) is 0 Å². The van der Waals surface area contributed by atoms with Crippen LogP contribution >= 0.6 is 0 Å². The maximum atomic E-state index is 12.8. The van der Waals surface area contributed by atoms with Gasteiger partial charge >= 0.3 is 0 Å². The molecule has 25 heavy (non-hydrogen) atoms. The highest BCUT2D eigenvalue weighted by Gasteiger charge is 2.23. The van der Waals surface area contributed by atoms with Gasteiger partial charge < -0.3 is 15.0 Å². The number of anilines is 2. The Balaban J connectivity index is 1.84. The number of rotatable bonds is 4. The Morgan fingerprint density at radius 2 is 2.12 bits per heavy atom. The molecular weight excluding hydrogens is 316 g/mol. The summed E-state index contributed by atoms with van der Waals surface area (Å²) in [5.41, 5.74) is 1.23. The van der Waals surface area contributed by atoms with Gasteiger partial charge in [0.15, 0.2) is 0 Å². The molecule has 2 heterocycles. The molecular formula is C19H24N4O2. The highest BCUT2D eigenvalue weighted by molar-refractivity contribution is 5.93. The molecule has 6 nitrogen and oxygen atoms in total. The van der Waals surface area contributed by atoms with Crippen molar-refractivity contribution in [1.29, 1.82) is 0 Å². The zero-order valence-corrected chi connectivity index (χ0v) is 15.0. The van der Waals surface area contributed by atoms with Crippen molar-refractivity contribution < 1.29 is 9.53 Å². The van der Waals surface area contributed by atoms with Gasteiger partial charge in [0.1, 0.15) is 23.1 Å². The summed E-state index contributed by atoms with van der Waals surface area (Å²) in [6.45, 7) is 5.56. The smallest absolute Gasteiger partial charge is 0.272 e. The normalized spacial score (nSPS) is 17.2. The van der Waals surface area contributed by atoms with Crippen molar-refractivity contribution in [2.24, 2.45) is 5.92 Å². The minimum atomic E-state index is -0.0277. The highest BCUT2D eigenvalue weighted by atomic mass is 16.5. The van der Waals surface area contributed by atoms with Crippen molar-refractivity contribution in [3.8, 4) is 5.75 Å². The van der Waals surface area contributed by atoms with Gasteiger partial charge in [0.05, 0.1) is 12.8 Å². The third-order valence-corrected chi connectivity index (χ3v) is 4.37. The number of likely N-dealkylation sites (tertiary alicyclic amines) is 1. The van der Waals surface area contributed by atoms with E-state index in [-0.39, 0.29) is 5.91 Å². The van der Waals surface area contributed by atoms with Crippen LogP contribution in [0, 0.1) is 12.8 Å². The van der Waals surface area contributed by atoms with Crippen molar-refractivity contribution in [2.75, 3.05) is 25.5 Å². The van der Waals surface area contributed by atoms with Crippen LogP contribution in [0.15, 0.2) is 30.3 Å². The number of nitrogens with zero attached hydrogens (tertiary/aromatic N) is 3. The molecule has 0 spiro atoms. The second-order valence-corrected chi connectivity index (χ2v) is 6.51. The summed E-state index contributed by atoms with van der Waals surface area (Å²) in [6, 6.07) is 9.31. The van der Waals surface area contributed by atoms with Gasteiger partial charge in [-0.25, -0.2) is 9.97 Å². The van der Waals surface area contributed by atoms with Gasteiger partial charge in [-0.1, -0.05) is 19.1 Å². The molecule has 0 saturated carbocycles. The van der Waals surface area contributed by atoms with Gasteiger partial charge in [-0.3, -0.25) is 4.79 Å². The van der Waals surface area contributed by atoms with Crippen LogP contribution in [0.25, 0.3) is 0 Å². The number of amides is 1. The zero-order chi connectivity index (χ0) is 17.8. The lowest BCUT2D eigenvalue weighted by molar-refractivity contribution is 0.0676. The Hall–Kier alpha value is -2.63. The Labute approximate surface area is 148 Å². The summed E-state index contributed by atoms with van der Waals surface area (Å²) in [7, 11) is 1.62. The summed E-state index contributed by atoms with van der Waals surface area (Å²) in [4.78, 5) is 23.4. The highest BCUT2D eigenvalue weighted by Crippen LogP contribution is 2.26. The molecule has 132 valence electrons. The van der Waals surface area contributed by atoms with Crippen molar-refractivity contribution >= 4 is 17.4 Å². The molecule has 0 aliphatic carbocycles. The van der Waals surface area contributed by atoms with Crippen LogP contribution in [-0.4, -0.2) is 41.0 Å². The molecule has 0 bridgehead atoms. The fourth-order valence-corrected chi connectivity index (χ4v) is 3.16. The monoisotopic (exact) mass is 340 g/mol. The first-order chi connectivity index (χ1) is 12.1. The molecule has 1 aliphatic heterocycles. The molecule has 0 radical (unpaired) electrons. The molecule has 1 amide bonds. The van der Waals surface area contributed by atoms with Gasteiger partial charge in [0.25, 0.3) is 5.91 Å². The number of hydrogen-bond donors (Lipinski definition) is 1. The van der Waals surface area contributed by atoms with Gasteiger partial charge in [0, 0.05) is 19.2 Å².